The van der Waals surface area contributed by atoms with Crippen molar-refractivity contribution in [3.8, 4) is 0 Å². The van der Waals surface area contributed by atoms with Crippen LogP contribution in [0, 0.1) is 17.3 Å². The quantitative estimate of drug-likeness (QED) is 0.631. The Labute approximate surface area is 154 Å². The van der Waals surface area contributed by atoms with Crippen molar-refractivity contribution in [1.29, 1.82) is 0 Å². The highest BCUT2D eigenvalue weighted by atomic mass is 32.2. The van der Waals surface area contributed by atoms with E-state index in [9.17, 15) is 18.0 Å². The third-order valence-corrected chi connectivity index (χ3v) is 7.39. The Morgan fingerprint density at radius 2 is 1.96 bits per heavy atom. The highest BCUT2D eigenvalue weighted by Gasteiger charge is 2.67. The molecule has 0 aromatic rings. The van der Waals surface area contributed by atoms with E-state index in [1.807, 2.05) is 17.1 Å². The summed E-state index contributed by atoms with van der Waals surface area (Å²) in [5.41, 5.74) is -0.734. The van der Waals surface area contributed by atoms with Gasteiger partial charge in [0.25, 0.3) is 0 Å². The van der Waals surface area contributed by atoms with Crippen molar-refractivity contribution < 1.29 is 22.7 Å². The molecule has 8 heteroatoms. The Kier molecular flexibility index (Phi) is 3.83. The Morgan fingerprint density at radius 3 is 2.58 bits per heavy atom. The number of hydrogen-bond acceptors (Lipinski definition) is 5. The van der Waals surface area contributed by atoms with E-state index >= 15 is 0 Å². The Morgan fingerprint density at radius 1 is 1.31 bits per heavy atom. The van der Waals surface area contributed by atoms with Crippen LogP contribution in [0.4, 0.5) is 0 Å². The Balaban J connectivity index is 1.56. The van der Waals surface area contributed by atoms with Crippen molar-refractivity contribution in [3.05, 3.63) is 12.2 Å². The molecular formula is C18H26N2O5S. The first-order valence-electron chi connectivity index (χ1n) is 9.17. The topological polar surface area (TPSA) is 84.0 Å². The fourth-order valence-corrected chi connectivity index (χ4v) is 5.91. The zero-order chi connectivity index (χ0) is 18.9. The SMILES string of the molecule is CC(C)(C)CN1C[C@]23C=C[C@H](O2)[C@H](C(=O)N2CCS(=O)(=O)CC2)[C@@H]3C1=O. The summed E-state index contributed by atoms with van der Waals surface area (Å²) in [5, 5.41) is 0. The van der Waals surface area contributed by atoms with E-state index in [0.29, 0.717) is 13.1 Å². The molecule has 4 heterocycles. The molecular weight excluding hydrogens is 356 g/mol. The van der Waals surface area contributed by atoms with Crippen LogP contribution < -0.4 is 0 Å². The maximum absolute atomic E-state index is 13.1. The van der Waals surface area contributed by atoms with E-state index < -0.39 is 27.3 Å². The molecule has 0 radical (unpaired) electrons. The van der Waals surface area contributed by atoms with Gasteiger partial charge in [0, 0.05) is 19.6 Å². The van der Waals surface area contributed by atoms with E-state index in [0.717, 1.165) is 0 Å². The van der Waals surface area contributed by atoms with Crippen molar-refractivity contribution >= 4 is 21.7 Å². The number of sulfone groups is 1. The molecule has 0 N–H and O–H groups in total. The van der Waals surface area contributed by atoms with Gasteiger partial charge in [0.05, 0.1) is 36.0 Å². The number of nitrogens with zero attached hydrogens (tertiary/aromatic N) is 2. The van der Waals surface area contributed by atoms with E-state index in [4.69, 9.17) is 4.74 Å². The predicted molar refractivity (Wildman–Crippen MR) is 95.0 cm³/mol. The monoisotopic (exact) mass is 382 g/mol. The molecule has 0 saturated carbocycles. The summed E-state index contributed by atoms with van der Waals surface area (Å²) in [7, 11) is -3.06. The smallest absolute Gasteiger partial charge is 0.230 e. The Bertz CT molecular complexity index is 770. The van der Waals surface area contributed by atoms with E-state index in [2.05, 4.69) is 20.8 Å². The van der Waals surface area contributed by atoms with Crippen molar-refractivity contribution in [3.63, 3.8) is 0 Å². The number of amides is 2. The Hall–Kier alpha value is -1.41. The standard InChI is InChI=1S/C18H26N2O5S/c1-17(2,3)10-20-11-18-5-4-12(25-18)13(14(18)16(20)22)15(21)19-6-8-26(23,24)9-7-19/h4-5,12-14H,6-11H2,1-3H3/t12-,13-,14+,18-/m0/s1. The first kappa shape index (κ1) is 18.0. The van der Waals surface area contributed by atoms with Crippen molar-refractivity contribution in [1.82, 2.24) is 9.80 Å². The largest absolute Gasteiger partial charge is 0.360 e. The van der Waals surface area contributed by atoms with Gasteiger partial charge in [0.15, 0.2) is 9.84 Å². The summed E-state index contributed by atoms with van der Waals surface area (Å²) in [5.74, 6) is -1.22. The van der Waals surface area contributed by atoms with Gasteiger partial charge in [0.2, 0.25) is 11.8 Å². The second kappa shape index (κ2) is 5.55. The van der Waals surface area contributed by atoms with Gasteiger partial charge in [-0.25, -0.2) is 8.42 Å². The normalized spacial score (nSPS) is 38.1. The van der Waals surface area contributed by atoms with Gasteiger partial charge in [-0.15, -0.1) is 0 Å². The van der Waals surface area contributed by atoms with Gasteiger partial charge < -0.3 is 14.5 Å². The second-order valence-corrected chi connectivity index (χ2v) is 11.4. The second-order valence-electron chi connectivity index (χ2n) is 9.13. The van der Waals surface area contributed by atoms with Gasteiger partial charge in [-0.1, -0.05) is 32.9 Å². The molecule has 3 fully saturated rings. The third kappa shape index (κ3) is 2.78. The molecule has 0 unspecified atom stereocenters. The molecule has 26 heavy (non-hydrogen) atoms. The van der Waals surface area contributed by atoms with Gasteiger partial charge >= 0.3 is 0 Å². The third-order valence-electron chi connectivity index (χ3n) is 5.79. The molecule has 2 bridgehead atoms. The van der Waals surface area contributed by atoms with Gasteiger partial charge in [0.1, 0.15) is 5.60 Å². The summed E-state index contributed by atoms with van der Waals surface area (Å²) < 4.78 is 29.4. The number of ether oxygens (including phenoxy) is 1. The number of carbonyl (C=O) groups is 2. The number of rotatable bonds is 2. The van der Waals surface area contributed by atoms with Crippen molar-refractivity contribution in [2.45, 2.75) is 32.5 Å². The summed E-state index contributed by atoms with van der Waals surface area (Å²) in [6.45, 7) is 7.75. The van der Waals surface area contributed by atoms with Gasteiger partial charge in [-0.05, 0) is 5.41 Å². The van der Waals surface area contributed by atoms with Crippen LogP contribution in [0.3, 0.4) is 0 Å². The maximum atomic E-state index is 13.1. The van der Waals surface area contributed by atoms with E-state index in [1.54, 1.807) is 4.90 Å². The van der Waals surface area contributed by atoms with E-state index in [1.165, 1.54) is 0 Å². The highest BCUT2D eigenvalue weighted by Crippen LogP contribution is 2.52. The number of fused-ring (bicyclic) bond motifs is 1. The van der Waals surface area contributed by atoms with Crippen LogP contribution in [0.1, 0.15) is 20.8 Å². The molecule has 0 aromatic heterocycles. The van der Waals surface area contributed by atoms with Crippen molar-refractivity contribution in [2.24, 2.45) is 17.3 Å². The summed E-state index contributed by atoms with van der Waals surface area (Å²) in [6.07, 6.45) is 3.47. The molecule has 4 rings (SSSR count). The lowest BCUT2D eigenvalue weighted by Crippen LogP contribution is -2.50. The zero-order valence-corrected chi connectivity index (χ0v) is 16.3. The number of carbonyl (C=O) groups excluding carboxylic acids is 2. The summed E-state index contributed by atoms with van der Waals surface area (Å²) in [6, 6.07) is 0. The average Bonchev–Trinajstić information content (AvgIpc) is 3.14. The molecule has 4 aliphatic rings. The molecule has 0 aliphatic carbocycles. The van der Waals surface area contributed by atoms with Crippen LogP contribution in [0.25, 0.3) is 0 Å². The van der Waals surface area contributed by atoms with Gasteiger partial charge in [-0.3, -0.25) is 9.59 Å². The van der Waals surface area contributed by atoms with Crippen LogP contribution >= 0.6 is 0 Å². The lowest BCUT2D eigenvalue weighted by molar-refractivity contribution is -0.143. The number of hydrogen-bond donors (Lipinski definition) is 0. The summed E-state index contributed by atoms with van der Waals surface area (Å²) >= 11 is 0. The molecule has 0 aromatic carbocycles. The lowest BCUT2D eigenvalue weighted by Gasteiger charge is -2.32. The minimum Gasteiger partial charge on any atom is -0.360 e. The van der Waals surface area contributed by atoms with Crippen LogP contribution in [0.2, 0.25) is 0 Å². The maximum Gasteiger partial charge on any atom is 0.230 e. The lowest BCUT2D eigenvalue weighted by atomic mass is 9.76. The minimum absolute atomic E-state index is 0.00721. The number of likely N-dealkylation sites (tertiary alicyclic amines) is 1. The zero-order valence-electron chi connectivity index (χ0n) is 15.5. The molecule has 7 nitrogen and oxygen atoms in total. The average molecular weight is 382 g/mol. The molecule has 4 aliphatic heterocycles. The van der Waals surface area contributed by atoms with Crippen molar-refractivity contribution in [2.75, 3.05) is 37.7 Å². The van der Waals surface area contributed by atoms with E-state index in [-0.39, 0.29) is 47.9 Å². The predicted octanol–water partition coefficient (Wildman–Crippen LogP) is 0.0715. The molecule has 2 amide bonds. The molecule has 4 atom stereocenters. The van der Waals surface area contributed by atoms with Crippen LogP contribution in [0.5, 0.6) is 0 Å². The summed E-state index contributed by atoms with van der Waals surface area (Å²) in [4.78, 5) is 29.6. The highest BCUT2D eigenvalue weighted by molar-refractivity contribution is 7.91. The first-order valence-corrected chi connectivity index (χ1v) is 11.0. The van der Waals surface area contributed by atoms with Crippen LogP contribution in [-0.4, -0.2) is 79.4 Å². The van der Waals surface area contributed by atoms with Crippen LogP contribution in [-0.2, 0) is 24.2 Å². The first-order chi connectivity index (χ1) is 12.0. The van der Waals surface area contributed by atoms with Gasteiger partial charge in [-0.2, -0.15) is 0 Å². The molecule has 144 valence electrons. The fraction of sp³-hybridized carbons (Fsp3) is 0.778. The fourth-order valence-electron chi connectivity index (χ4n) is 4.71. The van der Waals surface area contributed by atoms with Crippen LogP contribution in [0.15, 0.2) is 12.2 Å². The molecule has 1 spiro atoms. The molecule has 3 saturated heterocycles. The minimum atomic E-state index is -3.06.